The smallest absolute Gasteiger partial charge is 0.328 e. The van der Waals surface area contributed by atoms with Crippen LogP contribution in [0.15, 0.2) is 18.5 Å². The van der Waals surface area contributed by atoms with Crippen LogP contribution in [-0.4, -0.2) is 35.1 Å². The molecule has 1 aromatic rings. The Bertz CT molecular complexity index is 381. The Kier molecular flexibility index (Phi) is 3.04. The van der Waals surface area contributed by atoms with Crippen molar-refractivity contribution in [1.82, 2.24) is 9.88 Å². The van der Waals surface area contributed by atoms with Gasteiger partial charge in [-0.25, -0.2) is 9.18 Å². The van der Waals surface area contributed by atoms with Gasteiger partial charge < -0.3 is 5.11 Å². The van der Waals surface area contributed by atoms with Crippen molar-refractivity contribution in [1.29, 1.82) is 0 Å². The van der Waals surface area contributed by atoms with E-state index >= 15 is 0 Å². The molecule has 0 aromatic carbocycles. The number of carboxylic acids is 1. The minimum absolute atomic E-state index is 0.319. The van der Waals surface area contributed by atoms with Crippen molar-refractivity contribution in [3.63, 3.8) is 0 Å². The third kappa shape index (κ3) is 1.97. The lowest BCUT2D eigenvalue weighted by Gasteiger charge is -2.32. The van der Waals surface area contributed by atoms with Crippen molar-refractivity contribution in [2.24, 2.45) is 0 Å². The second-order valence-electron chi connectivity index (χ2n) is 3.66. The summed E-state index contributed by atoms with van der Waals surface area (Å²) >= 11 is 0. The van der Waals surface area contributed by atoms with Crippen LogP contribution in [0.3, 0.4) is 0 Å². The van der Waals surface area contributed by atoms with Crippen LogP contribution in [0.5, 0.6) is 0 Å². The molecular formula is C10H13FN2O2. The Morgan fingerprint density at radius 1 is 1.53 bits per heavy atom. The molecule has 4 nitrogen and oxygen atoms in total. The van der Waals surface area contributed by atoms with Gasteiger partial charge in [-0.05, 0) is 27.1 Å². The molecule has 0 bridgehead atoms. The number of carboxylic acid groups (broad SMARTS) is 1. The van der Waals surface area contributed by atoms with E-state index in [-0.39, 0.29) is 0 Å². The van der Waals surface area contributed by atoms with Crippen LogP contribution in [-0.2, 0) is 10.3 Å². The van der Waals surface area contributed by atoms with Crippen molar-refractivity contribution < 1.29 is 14.3 Å². The summed E-state index contributed by atoms with van der Waals surface area (Å²) in [5, 5.41) is 9.16. The van der Waals surface area contributed by atoms with Crippen LogP contribution in [0.25, 0.3) is 0 Å². The highest BCUT2D eigenvalue weighted by molar-refractivity contribution is 5.80. The molecule has 0 radical (unpaired) electrons. The summed E-state index contributed by atoms with van der Waals surface area (Å²) in [5.41, 5.74) is -0.949. The molecule has 1 rings (SSSR count). The number of rotatable bonds is 3. The highest BCUT2D eigenvalue weighted by atomic mass is 19.1. The maximum absolute atomic E-state index is 13.0. The fraction of sp³-hybridized carbons (Fsp3) is 0.400. The average Bonchev–Trinajstić information content (AvgIpc) is 2.15. The van der Waals surface area contributed by atoms with Gasteiger partial charge in [-0.15, -0.1) is 0 Å². The first-order valence-corrected chi connectivity index (χ1v) is 4.41. The number of halogens is 1. The molecule has 0 saturated heterocycles. The molecule has 1 atom stereocenters. The molecule has 15 heavy (non-hydrogen) atoms. The van der Waals surface area contributed by atoms with E-state index < -0.39 is 17.3 Å². The molecule has 82 valence electrons. The Balaban J connectivity index is 3.28. The van der Waals surface area contributed by atoms with Crippen molar-refractivity contribution in [3.8, 4) is 0 Å². The van der Waals surface area contributed by atoms with Crippen molar-refractivity contribution >= 4 is 5.97 Å². The van der Waals surface area contributed by atoms with Gasteiger partial charge in [0.25, 0.3) is 0 Å². The number of pyridine rings is 1. The molecule has 1 heterocycles. The summed E-state index contributed by atoms with van der Waals surface area (Å²) in [6.07, 6.45) is 2.40. The van der Waals surface area contributed by atoms with Gasteiger partial charge in [-0.3, -0.25) is 9.88 Å². The first-order valence-electron chi connectivity index (χ1n) is 4.41. The Morgan fingerprint density at radius 2 is 2.13 bits per heavy atom. The predicted molar refractivity (Wildman–Crippen MR) is 52.9 cm³/mol. The van der Waals surface area contributed by atoms with E-state index in [1.807, 2.05) is 0 Å². The maximum Gasteiger partial charge on any atom is 0.328 e. The van der Waals surface area contributed by atoms with E-state index in [1.165, 1.54) is 24.1 Å². The highest BCUT2D eigenvalue weighted by Gasteiger charge is 2.38. The summed E-state index contributed by atoms with van der Waals surface area (Å²) in [6.45, 7) is 1.51. The average molecular weight is 212 g/mol. The number of aliphatic carboxylic acids is 1. The number of carbonyl (C=O) groups is 1. The Morgan fingerprint density at radius 3 is 2.53 bits per heavy atom. The Hall–Kier alpha value is -1.49. The van der Waals surface area contributed by atoms with Crippen molar-refractivity contribution in [2.75, 3.05) is 14.1 Å². The van der Waals surface area contributed by atoms with E-state index in [9.17, 15) is 9.18 Å². The van der Waals surface area contributed by atoms with Crippen molar-refractivity contribution in [3.05, 3.63) is 29.8 Å². The lowest BCUT2D eigenvalue weighted by molar-refractivity contribution is -0.149. The molecular weight excluding hydrogens is 199 g/mol. The molecule has 0 aliphatic heterocycles. The molecule has 0 amide bonds. The third-order valence-corrected chi connectivity index (χ3v) is 2.58. The largest absolute Gasteiger partial charge is 0.480 e. The van der Waals surface area contributed by atoms with Crippen LogP contribution in [0, 0.1) is 5.82 Å². The van der Waals surface area contributed by atoms with E-state index in [1.54, 1.807) is 14.1 Å². The predicted octanol–water partition coefficient (Wildman–Crippen LogP) is 1.08. The van der Waals surface area contributed by atoms with Gasteiger partial charge in [0.05, 0.1) is 6.20 Å². The molecule has 1 aromatic heterocycles. The zero-order chi connectivity index (χ0) is 11.6. The summed E-state index contributed by atoms with van der Waals surface area (Å²) in [5.74, 6) is -1.58. The van der Waals surface area contributed by atoms with Gasteiger partial charge in [0, 0.05) is 11.8 Å². The molecule has 1 unspecified atom stereocenters. The number of hydrogen-bond donors (Lipinski definition) is 1. The molecule has 0 aliphatic rings. The highest BCUT2D eigenvalue weighted by Crippen LogP contribution is 2.26. The molecule has 0 spiro atoms. The number of aromatic nitrogens is 1. The third-order valence-electron chi connectivity index (χ3n) is 2.58. The summed E-state index contributed by atoms with van der Waals surface area (Å²) in [7, 11) is 3.25. The minimum atomic E-state index is -1.27. The van der Waals surface area contributed by atoms with Gasteiger partial charge >= 0.3 is 5.97 Å². The van der Waals surface area contributed by atoms with Crippen LogP contribution >= 0.6 is 0 Å². The number of likely N-dealkylation sites (N-methyl/N-ethyl adjacent to an activating group) is 1. The van der Waals surface area contributed by atoms with Crippen molar-refractivity contribution in [2.45, 2.75) is 12.5 Å². The van der Waals surface area contributed by atoms with Crippen LogP contribution in [0.4, 0.5) is 4.39 Å². The van der Waals surface area contributed by atoms with Gasteiger partial charge in [0.2, 0.25) is 0 Å². The van der Waals surface area contributed by atoms with Crippen LogP contribution in [0.2, 0.25) is 0 Å². The van der Waals surface area contributed by atoms with Crippen LogP contribution < -0.4 is 0 Å². The van der Waals surface area contributed by atoms with E-state index in [0.717, 1.165) is 6.20 Å². The molecule has 1 N–H and O–H groups in total. The second-order valence-corrected chi connectivity index (χ2v) is 3.66. The maximum atomic E-state index is 13.0. The minimum Gasteiger partial charge on any atom is -0.480 e. The van der Waals surface area contributed by atoms with Crippen LogP contribution in [0.1, 0.15) is 12.5 Å². The Labute approximate surface area is 87.4 Å². The molecule has 0 saturated carbocycles. The normalized spacial score (nSPS) is 15.0. The summed E-state index contributed by atoms with van der Waals surface area (Å²) in [4.78, 5) is 16.3. The topological polar surface area (TPSA) is 53.4 Å². The first-order chi connectivity index (χ1) is 6.89. The fourth-order valence-electron chi connectivity index (χ4n) is 1.25. The standard InChI is InChI=1S/C10H13FN2O2/c1-10(9(14)15,13(2)3)7-4-8(11)6-12-5-7/h4-6H,1-3H3,(H,14,15). The number of nitrogens with zero attached hydrogens (tertiary/aromatic N) is 2. The lowest BCUT2D eigenvalue weighted by atomic mass is 9.92. The number of hydrogen-bond acceptors (Lipinski definition) is 3. The lowest BCUT2D eigenvalue weighted by Crippen LogP contribution is -2.45. The van der Waals surface area contributed by atoms with E-state index in [2.05, 4.69) is 4.98 Å². The summed E-state index contributed by atoms with van der Waals surface area (Å²) in [6, 6.07) is 1.18. The van der Waals surface area contributed by atoms with E-state index in [4.69, 9.17) is 5.11 Å². The molecule has 5 heteroatoms. The fourth-order valence-corrected chi connectivity index (χ4v) is 1.25. The monoisotopic (exact) mass is 212 g/mol. The van der Waals surface area contributed by atoms with E-state index in [0.29, 0.717) is 5.56 Å². The zero-order valence-corrected chi connectivity index (χ0v) is 8.86. The first kappa shape index (κ1) is 11.6. The van der Waals surface area contributed by atoms with Gasteiger partial charge in [-0.2, -0.15) is 0 Å². The molecule has 0 aliphatic carbocycles. The van der Waals surface area contributed by atoms with Gasteiger partial charge in [0.15, 0.2) is 0 Å². The second kappa shape index (κ2) is 3.94. The van der Waals surface area contributed by atoms with Gasteiger partial charge in [0.1, 0.15) is 11.4 Å². The SMILES string of the molecule is CN(C)C(C)(C(=O)O)c1cncc(F)c1. The zero-order valence-electron chi connectivity index (χ0n) is 8.86. The summed E-state index contributed by atoms with van der Waals surface area (Å²) < 4.78 is 13.0. The molecule has 0 fully saturated rings. The van der Waals surface area contributed by atoms with Gasteiger partial charge in [-0.1, -0.05) is 0 Å². The quantitative estimate of drug-likeness (QED) is 0.814.